The fourth-order valence-corrected chi connectivity index (χ4v) is 3.50. The van der Waals surface area contributed by atoms with E-state index in [1.54, 1.807) is 19.1 Å². The quantitative estimate of drug-likeness (QED) is 0.747. The molecule has 4 nitrogen and oxygen atoms in total. The van der Waals surface area contributed by atoms with E-state index in [1.165, 1.54) is 18.2 Å². The van der Waals surface area contributed by atoms with Crippen LogP contribution in [0.3, 0.4) is 0 Å². The molecule has 0 aliphatic carbocycles. The number of ether oxygens (including phenoxy) is 1. The van der Waals surface area contributed by atoms with Gasteiger partial charge in [-0.1, -0.05) is 35.6 Å². The Morgan fingerprint density at radius 2 is 1.89 bits per heavy atom. The van der Waals surface area contributed by atoms with Crippen molar-refractivity contribution >= 4 is 21.6 Å². The molecule has 144 valence electrons. The molecular weight excluding hydrogens is 403 g/mol. The highest BCUT2D eigenvalue weighted by atomic mass is 35.5. The molecule has 0 saturated heterocycles. The second-order valence-electron chi connectivity index (χ2n) is 5.40. The van der Waals surface area contributed by atoms with E-state index >= 15 is 0 Å². The number of benzene rings is 2. The van der Waals surface area contributed by atoms with Crippen LogP contribution in [0, 0.1) is 18.8 Å². The first kappa shape index (κ1) is 21.1. The van der Waals surface area contributed by atoms with Gasteiger partial charge in [0.25, 0.3) is 0 Å². The largest absolute Gasteiger partial charge is 0.481 e. The summed E-state index contributed by atoms with van der Waals surface area (Å²) in [4.78, 5) is 0.0528. The zero-order valence-corrected chi connectivity index (χ0v) is 15.7. The van der Waals surface area contributed by atoms with Gasteiger partial charge in [-0.2, -0.15) is 17.9 Å². The van der Waals surface area contributed by atoms with Crippen molar-refractivity contribution < 1.29 is 26.3 Å². The van der Waals surface area contributed by atoms with Gasteiger partial charge >= 0.3 is 6.18 Å². The second-order valence-corrected chi connectivity index (χ2v) is 7.57. The van der Waals surface area contributed by atoms with Gasteiger partial charge in [-0.25, -0.2) is 8.42 Å². The zero-order valence-electron chi connectivity index (χ0n) is 14.1. The van der Waals surface area contributed by atoms with Crippen LogP contribution in [0.15, 0.2) is 47.4 Å². The van der Waals surface area contributed by atoms with E-state index in [0.717, 1.165) is 12.1 Å². The Morgan fingerprint density at radius 1 is 1.15 bits per heavy atom. The third-order valence-corrected chi connectivity index (χ3v) is 5.17. The molecule has 9 heteroatoms. The Balaban J connectivity index is 1.90. The maximum atomic E-state index is 12.6. The van der Waals surface area contributed by atoms with Gasteiger partial charge in [-0.3, -0.25) is 0 Å². The minimum absolute atomic E-state index is 0.0225. The Morgan fingerprint density at radius 3 is 2.59 bits per heavy atom. The smallest absolute Gasteiger partial charge is 0.416 e. The summed E-state index contributed by atoms with van der Waals surface area (Å²) in [6.07, 6.45) is -4.46. The number of alkyl halides is 3. The van der Waals surface area contributed by atoms with Crippen molar-refractivity contribution in [2.24, 2.45) is 0 Å². The van der Waals surface area contributed by atoms with Crippen molar-refractivity contribution in [3.63, 3.8) is 0 Å². The fourth-order valence-electron chi connectivity index (χ4n) is 2.07. The molecule has 1 N–H and O–H groups in total. The molecule has 0 saturated carbocycles. The lowest BCUT2D eigenvalue weighted by atomic mass is 10.2. The van der Waals surface area contributed by atoms with Gasteiger partial charge < -0.3 is 4.74 Å². The molecule has 0 atom stereocenters. The van der Waals surface area contributed by atoms with Gasteiger partial charge in [0.2, 0.25) is 10.0 Å². The highest BCUT2D eigenvalue weighted by Crippen LogP contribution is 2.31. The summed E-state index contributed by atoms with van der Waals surface area (Å²) in [7, 11) is -3.78. The van der Waals surface area contributed by atoms with Crippen LogP contribution in [0.25, 0.3) is 0 Å². The lowest BCUT2D eigenvalue weighted by Crippen LogP contribution is -2.24. The lowest BCUT2D eigenvalue weighted by molar-refractivity contribution is -0.137. The molecule has 0 fully saturated rings. The number of aryl methyl sites for hydroxylation is 1. The average Bonchev–Trinajstić information content (AvgIpc) is 2.59. The van der Waals surface area contributed by atoms with Gasteiger partial charge in [-0.15, -0.1) is 0 Å². The molecule has 0 aromatic heterocycles. The maximum absolute atomic E-state index is 12.6. The first-order valence-electron chi connectivity index (χ1n) is 7.61. The van der Waals surface area contributed by atoms with Gasteiger partial charge in [0.15, 0.2) is 0 Å². The average molecular weight is 418 g/mol. The van der Waals surface area contributed by atoms with Crippen molar-refractivity contribution in [3.8, 4) is 17.6 Å². The number of sulfonamides is 1. The van der Waals surface area contributed by atoms with Gasteiger partial charge in [0, 0.05) is 5.02 Å². The summed E-state index contributed by atoms with van der Waals surface area (Å²) in [6, 6.07) is 8.92. The van der Waals surface area contributed by atoms with Crippen LogP contribution < -0.4 is 9.46 Å². The van der Waals surface area contributed by atoms with Crippen molar-refractivity contribution in [1.82, 2.24) is 4.72 Å². The molecule has 2 aromatic carbocycles. The molecule has 0 unspecified atom stereocenters. The van der Waals surface area contributed by atoms with Crippen LogP contribution >= 0.6 is 11.6 Å². The predicted octanol–water partition coefficient (Wildman–Crippen LogP) is 4.03. The van der Waals surface area contributed by atoms with E-state index in [-0.39, 0.29) is 23.8 Å². The van der Waals surface area contributed by atoms with Crippen LogP contribution in [0.4, 0.5) is 13.2 Å². The molecule has 2 rings (SSSR count). The topological polar surface area (TPSA) is 55.4 Å². The lowest BCUT2D eigenvalue weighted by Gasteiger charge is -2.08. The minimum Gasteiger partial charge on any atom is -0.481 e. The van der Waals surface area contributed by atoms with Crippen LogP contribution in [-0.4, -0.2) is 21.6 Å². The molecule has 0 aliphatic heterocycles. The third kappa shape index (κ3) is 6.17. The van der Waals surface area contributed by atoms with Crippen LogP contribution in [-0.2, 0) is 16.2 Å². The third-order valence-electron chi connectivity index (χ3n) is 3.39. The van der Waals surface area contributed by atoms with Gasteiger partial charge in [0.1, 0.15) is 12.4 Å². The van der Waals surface area contributed by atoms with Crippen molar-refractivity contribution in [1.29, 1.82) is 0 Å². The summed E-state index contributed by atoms with van der Waals surface area (Å²) in [5, 5.41) is 0.293. The Kier molecular flexibility index (Phi) is 6.76. The highest BCUT2D eigenvalue weighted by molar-refractivity contribution is 7.89. The summed E-state index contributed by atoms with van der Waals surface area (Å²) in [6.45, 7) is 1.28. The van der Waals surface area contributed by atoms with E-state index in [4.69, 9.17) is 16.3 Å². The number of rotatable bonds is 5. The standard InChI is InChI=1S/C18H15ClF3NO3S/c1-13-7-8-15(19)12-17(13)27(24,25)23-9-2-3-10-26-16-6-4-5-14(11-16)18(20,21)22/h4-8,11-12,23H,9-10H2,1H3. The molecule has 0 amide bonds. The number of halogens is 4. The van der Waals surface area contributed by atoms with E-state index in [0.29, 0.717) is 10.6 Å². The first-order chi connectivity index (χ1) is 12.6. The maximum Gasteiger partial charge on any atom is 0.416 e. The predicted molar refractivity (Wildman–Crippen MR) is 96.1 cm³/mol. The summed E-state index contributed by atoms with van der Waals surface area (Å²) in [5.41, 5.74) is -0.287. The van der Waals surface area contributed by atoms with Crippen LogP contribution in [0.1, 0.15) is 11.1 Å². The summed E-state index contributed by atoms with van der Waals surface area (Å²) in [5.74, 6) is 5.10. The van der Waals surface area contributed by atoms with Crippen LogP contribution in [0.2, 0.25) is 5.02 Å². The van der Waals surface area contributed by atoms with Crippen molar-refractivity contribution in [3.05, 3.63) is 58.6 Å². The van der Waals surface area contributed by atoms with E-state index in [9.17, 15) is 21.6 Å². The van der Waals surface area contributed by atoms with Crippen LogP contribution in [0.5, 0.6) is 5.75 Å². The normalized spacial score (nSPS) is 11.6. The van der Waals surface area contributed by atoms with Crippen molar-refractivity contribution in [2.75, 3.05) is 13.2 Å². The van der Waals surface area contributed by atoms with Crippen molar-refractivity contribution in [2.45, 2.75) is 18.0 Å². The van der Waals surface area contributed by atoms with E-state index in [1.807, 2.05) is 0 Å². The molecule has 27 heavy (non-hydrogen) atoms. The summed E-state index contributed by atoms with van der Waals surface area (Å²) >= 11 is 5.82. The Hall–Kier alpha value is -2.21. The monoisotopic (exact) mass is 417 g/mol. The van der Waals surface area contributed by atoms with Gasteiger partial charge in [0.05, 0.1) is 17.0 Å². The second kappa shape index (κ2) is 8.65. The molecular formula is C18H15ClF3NO3S. The molecule has 0 radical (unpaired) electrons. The van der Waals surface area contributed by atoms with E-state index < -0.39 is 21.8 Å². The molecule has 0 spiro atoms. The Labute approximate surface area is 160 Å². The van der Waals surface area contributed by atoms with Gasteiger partial charge in [-0.05, 0) is 42.8 Å². The highest BCUT2D eigenvalue weighted by Gasteiger charge is 2.30. The molecule has 2 aromatic rings. The molecule has 0 aliphatic rings. The first-order valence-corrected chi connectivity index (χ1v) is 9.47. The number of nitrogens with one attached hydrogen (secondary N) is 1. The van der Waals surface area contributed by atoms with E-state index in [2.05, 4.69) is 16.6 Å². The molecule has 0 bridgehead atoms. The minimum atomic E-state index is -4.46. The Bertz CT molecular complexity index is 979. The fraction of sp³-hybridized carbons (Fsp3) is 0.222. The molecule has 0 heterocycles. The SMILES string of the molecule is Cc1ccc(Cl)cc1S(=O)(=O)NCC#CCOc1cccc(C(F)(F)F)c1. The zero-order chi connectivity index (χ0) is 20.1. The summed E-state index contributed by atoms with van der Waals surface area (Å²) < 4.78 is 69.7. The number of hydrogen-bond donors (Lipinski definition) is 1. The number of hydrogen-bond acceptors (Lipinski definition) is 3.